The monoisotopic (exact) mass is 343 g/mol. The van der Waals surface area contributed by atoms with E-state index in [-0.39, 0.29) is 16.6 Å². The molecule has 1 rings (SSSR count). The SMILES string of the molecule is C[SiH](C)OC(C[C@@H]1CC(=O)N1[Si](C)(C)C(C)(C)C)C(C)(C)C. The Hall–Kier alpha value is -0.136. The molecule has 1 heterocycles. The van der Waals surface area contributed by atoms with Gasteiger partial charge in [-0.25, -0.2) is 0 Å². The Morgan fingerprint density at radius 2 is 1.73 bits per heavy atom. The number of carbonyl (C=O) groups is 1. The third-order valence-electron chi connectivity index (χ3n) is 5.37. The van der Waals surface area contributed by atoms with E-state index in [1.807, 2.05) is 0 Å². The van der Waals surface area contributed by atoms with E-state index in [1.165, 1.54) is 0 Å². The molecule has 0 aromatic heterocycles. The minimum Gasteiger partial charge on any atom is -0.417 e. The summed E-state index contributed by atoms with van der Waals surface area (Å²) >= 11 is 0. The molecule has 1 aliphatic rings. The van der Waals surface area contributed by atoms with Gasteiger partial charge in [0, 0.05) is 12.5 Å². The van der Waals surface area contributed by atoms with Gasteiger partial charge in [0.15, 0.2) is 17.3 Å². The van der Waals surface area contributed by atoms with Crippen LogP contribution in [0.2, 0.25) is 31.2 Å². The molecule has 0 N–H and O–H groups in total. The van der Waals surface area contributed by atoms with Crippen molar-refractivity contribution in [2.24, 2.45) is 5.41 Å². The van der Waals surface area contributed by atoms with E-state index < -0.39 is 17.3 Å². The van der Waals surface area contributed by atoms with Gasteiger partial charge in [0.05, 0.1) is 6.10 Å². The normalized spacial score (nSPS) is 22.0. The molecule has 1 aliphatic heterocycles. The Labute approximate surface area is 140 Å². The van der Waals surface area contributed by atoms with Crippen LogP contribution in [-0.2, 0) is 9.22 Å². The number of nitrogens with zero attached hydrogens (tertiary/aromatic N) is 1. The lowest BCUT2D eigenvalue weighted by Crippen LogP contribution is -2.68. The van der Waals surface area contributed by atoms with Gasteiger partial charge in [0.1, 0.15) is 0 Å². The van der Waals surface area contributed by atoms with E-state index in [1.54, 1.807) is 0 Å². The maximum Gasteiger partial charge on any atom is 0.216 e. The Bertz CT molecular complexity index is 408. The standard InChI is InChI=1S/C17H37NO2Si2/c1-16(2,3)14(20-21(7)8)11-13-12-15(19)18(13)22(9,10)17(4,5)6/h13-14,21H,11-12H2,1-10H3/t13-,14?/m1/s1. The molecule has 0 aliphatic carbocycles. The third-order valence-corrected chi connectivity index (χ3v) is 11.7. The molecular formula is C17H37NO2Si2. The summed E-state index contributed by atoms with van der Waals surface area (Å²) in [6.07, 6.45) is 1.96. The molecule has 1 saturated heterocycles. The van der Waals surface area contributed by atoms with Crippen LogP contribution in [0.4, 0.5) is 0 Å². The van der Waals surface area contributed by atoms with Gasteiger partial charge < -0.3 is 8.99 Å². The van der Waals surface area contributed by atoms with Crippen molar-refractivity contribution in [1.82, 2.24) is 4.57 Å². The highest BCUT2D eigenvalue weighted by Crippen LogP contribution is 2.44. The molecule has 0 bridgehead atoms. The van der Waals surface area contributed by atoms with Gasteiger partial charge in [0.2, 0.25) is 5.91 Å². The Kier molecular flexibility index (Phi) is 5.79. The van der Waals surface area contributed by atoms with Crippen molar-refractivity contribution in [1.29, 1.82) is 0 Å². The Morgan fingerprint density at radius 3 is 2.05 bits per heavy atom. The average molecular weight is 344 g/mol. The first-order chi connectivity index (χ1) is 9.68. The first kappa shape index (κ1) is 19.9. The predicted molar refractivity (Wildman–Crippen MR) is 100 cm³/mol. The Morgan fingerprint density at radius 1 is 1.23 bits per heavy atom. The van der Waals surface area contributed by atoms with E-state index in [9.17, 15) is 4.79 Å². The smallest absolute Gasteiger partial charge is 0.216 e. The van der Waals surface area contributed by atoms with E-state index in [2.05, 4.69) is 72.3 Å². The fourth-order valence-corrected chi connectivity index (χ4v) is 6.71. The van der Waals surface area contributed by atoms with Crippen molar-refractivity contribution < 1.29 is 9.22 Å². The molecule has 2 atom stereocenters. The maximum atomic E-state index is 12.3. The minimum absolute atomic E-state index is 0.134. The van der Waals surface area contributed by atoms with Crippen LogP contribution < -0.4 is 0 Å². The van der Waals surface area contributed by atoms with Crippen molar-refractivity contribution in [2.45, 2.75) is 97.8 Å². The van der Waals surface area contributed by atoms with Gasteiger partial charge in [0.25, 0.3) is 0 Å². The first-order valence-corrected chi connectivity index (χ1v) is 14.4. The molecule has 0 saturated carbocycles. The molecule has 0 aromatic rings. The topological polar surface area (TPSA) is 29.5 Å². The van der Waals surface area contributed by atoms with Crippen molar-refractivity contribution in [3.8, 4) is 0 Å². The van der Waals surface area contributed by atoms with E-state index in [0.29, 0.717) is 18.4 Å². The number of hydrogen-bond donors (Lipinski definition) is 0. The second kappa shape index (κ2) is 6.40. The molecule has 0 radical (unpaired) electrons. The zero-order valence-electron chi connectivity index (χ0n) is 16.4. The number of carbonyl (C=O) groups excluding carboxylic acids is 1. The number of amides is 1. The molecule has 1 amide bonds. The highest BCUT2D eigenvalue weighted by atomic mass is 28.3. The predicted octanol–water partition coefficient (Wildman–Crippen LogP) is 4.40. The van der Waals surface area contributed by atoms with E-state index in [4.69, 9.17) is 4.43 Å². The maximum absolute atomic E-state index is 12.3. The van der Waals surface area contributed by atoms with Crippen LogP contribution in [0.5, 0.6) is 0 Å². The van der Waals surface area contributed by atoms with Gasteiger partial charge in [-0.2, -0.15) is 0 Å². The Balaban J connectivity index is 2.90. The molecular weight excluding hydrogens is 306 g/mol. The highest BCUT2D eigenvalue weighted by molar-refractivity contribution is 6.79. The van der Waals surface area contributed by atoms with Gasteiger partial charge in [-0.15, -0.1) is 0 Å². The van der Waals surface area contributed by atoms with Crippen LogP contribution in [0.15, 0.2) is 0 Å². The zero-order chi connectivity index (χ0) is 17.5. The quantitative estimate of drug-likeness (QED) is 0.547. The lowest BCUT2D eigenvalue weighted by Gasteiger charge is -2.56. The molecule has 130 valence electrons. The number of rotatable bonds is 5. The molecule has 3 nitrogen and oxygen atoms in total. The molecule has 0 spiro atoms. The van der Waals surface area contributed by atoms with Crippen LogP contribution in [0.3, 0.4) is 0 Å². The van der Waals surface area contributed by atoms with Crippen molar-refractivity contribution >= 4 is 23.2 Å². The summed E-state index contributed by atoms with van der Waals surface area (Å²) in [4.78, 5) is 12.3. The summed E-state index contributed by atoms with van der Waals surface area (Å²) in [5, 5.41) is 0.201. The summed E-state index contributed by atoms with van der Waals surface area (Å²) < 4.78 is 8.58. The van der Waals surface area contributed by atoms with E-state index >= 15 is 0 Å². The summed E-state index contributed by atoms with van der Waals surface area (Å²) in [7, 11) is -2.85. The molecule has 22 heavy (non-hydrogen) atoms. The molecule has 0 aromatic carbocycles. The van der Waals surface area contributed by atoms with Gasteiger partial charge >= 0.3 is 0 Å². The zero-order valence-corrected chi connectivity index (χ0v) is 18.6. The van der Waals surface area contributed by atoms with Gasteiger partial charge in [-0.05, 0) is 30.0 Å². The lowest BCUT2D eigenvalue weighted by atomic mass is 9.83. The van der Waals surface area contributed by atoms with Crippen LogP contribution in [0.1, 0.15) is 54.4 Å². The summed E-state index contributed by atoms with van der Waals surface area (Å²) in [5.74, 6) is 0.353. The fraction of sp³-hybridized carbons (Fsp3) is 0.941. The molecule has 5 heteroatoms. The highest BCUT2D eigenvalue weighted by Gasteiger charge is 2.52. The summed E-state index contributed by atoms with van der Waals surface area (Å²) in [6.45, 7) is 22.7. The van der Waals surface area contributed by atoms with Crippen LogP contribution in [0, 0.1) is 5.41 Å². The van der Waals surface area contributed by atoms with Crippen LogP contribution in [-0.4, -0.2) is 39.9 Å². The first-order valence-electron chi connectivity index (χ1n) is 8.65. The van der Waals surface area contributed by atoms with Crippen molar-refractivity contribution in [2.75, 3.05) is 0 Å². The fourth-order valence-electron chi connectivity index (χ4n) is 2.99. The molecule has 1 fully saturated rings. The second-order valence-electron chi connectivity index (χ2n) is 9.71. The summed E-state index contributed by atoms with van der Waals surface area (Å²) in [6, 6.07) is 0.380. The van der Waals surface area contributed by atoms with Crippen molar-refractivity contribution in [3.05, 3.63) is 0 Å². The van der Waals surface area contributed by atoms with Gasteiger partial charge in [-0.3, -0.25) is 4.79 Å². The third kappa shape index (κ3) is 4.23. The van der Waals surface area contributed by atoms with Crippen LogP contribution in [0.25, 0.3) is 0 Å². The largest absolute Gasteiger partial charge is 0.417 e. The lowest BCUT2D eigenvalue weighted by molar-refractivity contribution is -0.140. The van der Waals surface area contributed by atoms with Crippen molar-refractivity contribution in [3.63, 3.8) is 0 Å². The second-order valence-corrected chi connectivity index (χ2v) is 17.2. The summed E-state index contributed by atoms with van der Waals surface area (Å²) in [5.41, 5.74) is 0.134. The number of hydrogen-bond acceptors (Lipinski definition) is 2. The van der Waals surface area contributed by atoms with Crippen LogP contribution >= 0.6 is 0 Å². The average Bonchev–Trinajstić information content (AvgIpc) is 2.22. The molecule has 1 unspecified atom stereocenters. The minimum atomic E-state index is -1.77. The number of β-lactam (4-membered cyclic amide) rings is 1. The van der Waals surface area contributed by atoms with Gasteiger partial charge in [-0.1, -0.05) is 54.6 Å². The van der Waals surface area contributed by atoms with E-state index in [0.717, 1.165) is 6.42 Å².